The summed E-state index contributed by atoms with van der Waals surface area (Å²) in [4.78, 5) is 25.1. The van der Waals surface area contributed by atoms with Crippen LogP contribution in [0.15, 0.2) is 43.0 Å². The highest BCUT2D eigenvalue weighted by Gasteiger charge is 2.32. The third-order valence-corrected chi connectivity index (χ3v) is 3.45. The van der Waals surface area contributed by atoms with Crippen molar-refractivity contribution in [3.05, 3.63) is 48.6 Å². The van der Waals surface area contributed by atoms with E-state index in [2.05, 4.69) is 11.9 Å². The smallest absolute Gasteiger partial charge is 0.318 e. The van der Waals surface area contributed by atoms with E-state index in [1.165, 1.54) is 0 Å². The van der Waals surface area contributed by atoms with Gasteiger partial charge in [0.25, 0.3) is 0 Å². The van der Waals surface area contributed by atoms with E-state index in [0.29, 0.717) is 6.54 Å². The van der Waals surface area contributed by atoms with Crippen LogP contribution in [0.4, 0.5) is 4.79 Å². The van der Waals surface area contributed by atoms with E-state index < -0.39 is 12.0 Å². The summed E-state index contributed by atoms with van der Waals surface area (Å²) in [6.07, 6.45) is 3.54. The number of benzene rings is 1. The fraction of sp³-hybridized carbons (Fsp3) is 0.375. The lowest BCUT2D eigenvalue weighted by atomic mass is 10.0. The normalized spacial score (nSPS) is 15.0. The first-order valence-electron chi connectivity index (χ1n) is 7.06. The molecule has 5 heteroatoms. The molecule has 2 amide bonds. The summed E-state index contributed by atoms with van der Waals surface area (Å²) in [6, 6.07) is 8.67. The predicted molar refractivity (Wildman–Crippen MR) is 79.9 cm³/mol. The molecular formula is C16H20N2O3. The van der Waals surface area contributed by atoms with Crippen molar-refractivity contribution < 1.29 is 14.7 Å². The minimum Gasteiger partial charge on any atom is -0.481 e. The number of urea groups is 1. The van der Waals surface area contributed by atoms with Crippen LogP contribution in [-0.4, -0.2) is 34.6 Å². The summed E-state index contributed by atoms with van der Waals surface area (Å²) >= 11 is 0. The van der Waals surface area contributed by atoms with Gasteiger partial charge in [0.05, 0.1) is 12.5 Å². The van der Waals surface area contributed by atoms with Gasteiger partial charge in [-0.1, -0.05) is 36.4 Å². The maximum atomic E-state index is 12.4. The first-order valence-corrected chi connectivity index (χ1v) is 7.06. The third kappa shape index (κ3) is 4.34. The molecule has 112 valence electrons. The summed E-state index contributed by atoms with van der Waals surface area (Å²) in [5, 5.41) is 11.9. The largest absolute Gasteiger partial charge is 0.481 e. The molecule has 1 aromatic carbocycles. The highest BCUT2D eigenvalue weighted by atomic mass is 16.4. The molecule has 5 nitrogen and oxygen atoms in total. The van der Waals surface area contributed by atoms with E-state index >= 15 is 0 Å². The number of nitrogens with one attached hydrogen (secondary N) is 1. The molecule has 0 spiro atoms. The van der Waals surface area contributed by atoms with Crippen molar-refractivity contribution in [2.45, 2.75) is 31.3 Å². The number of aliphatic carboxylic acids is 1. The number of hydrogen-bond acceptors (Lipinski definition) is 2. The Morgan fingerprint density at radius 3 is 2.57 bits per heavy atom. The monoisotopic (exact) mass is 288 g/mol. The molecule has 0 heterocycles. The van der Waals surface area contributed by atoms with Gasteiger partial charge in [0.2, 0.25) is 0 Å². The SMILES string of the molecule is C=CCN(C(=O)NC(CC(=O)O)c1ccccc1)C1CC1. The van der Waals surface area contributed by atoms with Gasteiger partial charge in [-0.25, -0.2) is 4.79 Å². The van der Waals surface area contributed by atoms with Crippen molar-refractivity contribution in [2.75, 3.05) is 6.54 Å². The van der Waals surface area contributed by atoms with Crippen LogP contribution in [0.25, 0.3) is 0 Å². The second-order valence-electron chi connectivity index (χ2n) is 5.18. The Bertz CT molecular complexity index is 512. The summed E-state index contributed by atoms with van der Waals surface area (Å²) in [5.41, 5.74) is 0.794. The highest BCUT2D eigenvalue weighted by Crippen LogP contribution is 2.27. The third-order valence-electron chi connectivity index (χ3n) is 3.45. The Kier molecular flexibility index (Phi) is 4.98. The number of rotatable bonds is 7. The Morgan fingerprint density at radius 2 is 2.05 bits per heavy atom. The number of carboxylic acid groups (broad SMARTS) is 1. The van der Waals surface area contributed by atoms with Crippen molar-refractivity contribution in [3.8, 4) is 0 Å². The molecule has 2 rings (SSSR count). The fourth-order valence-electron chi connectivity index (χ4n) is 2.27. The molecule has 21 heavy (non-hydrogen) atoms. The zero-order valence-corrected chi connectivity index (χ0v) is 11.9. The van der Waals surface area contributed by atoms with Gasteiger partial charge in [0, 0.05) is 12.6 Å². The molecule has 1 aromatic rings. The topological polar surface area (TPSA) is 69.6 Å². The Morgan fingerprint density at radius 1 is 1.38 bits per heavy atom. The van der Waals surface area contributed by atoms with Gasteiger partial charge in [-0.05, 0) is 18.4 Å². The Balaban J connectivity index is 2.08. The maximum Gasteiger partial charge on any atom is 0.318 e. The number of hydrogen-bond donors (Lipinski definition) is 2. The predicted octanol–water partition coefficient (Wildman–Crippen LogP) is 2.56. The van der Waals surface area contributed by atoms with E-state index in [1.807, 2.05) is 30.3 Å². The minimum absolute atomic E-state index is 0.137. The number of nitrogens with zero attached hydrogens (tertiary/aromatic N) is 1. The number of carbonyl (C=O) groups excluding carboxylic acids is 1. The van der Waals surface area contributed by atoms with Crippen LogP contribution in [-0.2, 0) is 4.79 Å². The van der Waals surface area contributed by atoms with Crippen LogP contribution < -0.4 is 5.32 Å². The van der Waals surface area contributed by atoms with Crippen molar-refractivity contribution in [2.24, 2.45) is 0 Å². The second kappa shape index (κ2) is 6.92. The molecule has 1 atom stereocenters. The first-order chi connectivity index (χ1) is 10.1. The molecule has 1 saturated carbocycles. The molecule has 0 aromatic heterocycles. The van der Waals surface area contributed by atoms with Gasteiger partial charge >= 0.3 is 12.0 Å². The Labute approximate surface area is 124 Å². The number of carboxylic acids is 1. The molecule has 1 aliphatic rings. The van der Waals surface area contributed by atoms with Gasteiger partial charge in [0.15, 0.2) is 0 Å². The average Bonchev–Trinajstić information content (AvgIpc) is 3.29. The van der Waals surface area contributed by atoms with Crippen LogP contribution in [0.2, 0.25) is 0 Å². The lowest BCUT2D eigenvalue weighted by molar-refractivity contribution is -0.137. The lowest BCUT2D eigenvalue weighted by Crippen LogP contribution is -2.43. The van der Waals surface area contributed by atoms with Crippen molar-refractivity contribution in [1.29, 1.82) is 0 Å². The van der Waals surface area contributed by atoms with Crippen LogP contribution >= 0.6 is 0 Å². The number of carbonyl (C=O) groups is 2. The molecule has 1 fully saturated rings. The zero-order chi connectivity index (χ0) is 15.2. The molecule has 0 radical (unpaired) electrons. The van der Waals surface area contributed by atoms with Gasteiger partial charge in [-0.3, -0.25) is 4.79 Å². The van der Waals surface area contributed by atoms with Crippen LogP contribution in [0.5, 0.6) is 0 Å². The number of amides is 2. The molecular weight excluding hydrogens is 268 g/mol. The van der Waals surface area contributed by atoms with Gasteiger partial charge in [-0.2, -0.15) is 0 Å². The molecule has 0 bridgehead atoms. The average molecular weight is 288 g/mol. The fourth-order valence-corrected chi connectivity index (χ4v) is 2.27. The van der Waals surface area contributed by atoms with E-state index in [-0.39, 0.29) is 18.5 Å². The quantitative estimate of drug-likeness (QED) is 0.758. The zero-order valence-electron chi connectivity index (χ0n) is 11.9. The highest BCUT2D eigenvalue weighted by molar-refractivity contribution is 5.77. The van der Waals surface area contributed by atoms with E-state index in [4.69, 9.17) is 5.11 Å². The van der Waals surface area contributed by atoms with E-state index in [1.54, 1.807) is 11.0 Å². The van der Waals surface area contributed by atoms with Crippen LogP contribution in [0, 0.1) is 0 Å². The summed E-state index contributed by atoms with van der Waals surface area (Å²) in [6.45, 7) is 4.14. The first kappa shape index (κ1) is 15.1. The van der Waals surface area contributed by atoms with Gasteiger partial charge in [0.1, 0.15) is 0 Å². The van der Waals surface area contributed by atoms with Crippen LogP contribution in [0.3, 0.4) is 0 Å². The lowest BCUT2D eigenvalue weighted by Gasteiger charge is -2.25. The summed E-state index contributed by atoms with van der Waals surface area (Å²) in [7, 11) is 0. The van der Waals surface area contributed by atoms with Crippen molar-refractivity contribution in [3.63, 3.8) is 0 Å². The minimum atomic E-state index is -0.939. The van der Waals surface area contributed by atoms with E-state index in [0.717, 1.165) is 18.4 Å². The molecule has 0 aliphatic heterocycles. The molecule has 1 aliphatic carbocycles. The van der Waals surface area contributed by atoms with Crippen LogP contribution in [0.1, 0.15) is 30.9 Å². The molecule has 2 N–H and O–H groups in total. The van der Waals surface area contributed by atoms with Crippen molar-refractivity contribution >= 4 is 12.0 Å². The van der Waals surface area contributed by atoms with E-state index in [9.17, 15) is 9.59 Å². The molecule has 0 saturated heterocycles. The van der Waals surface area contributed by atoms with Crippen molar-refractivity contribution in [1.82, 2.24) is 10.2 Å². The van der Waals surface area contributed by atoms with Gasteiger partial charge in [-0.15, -0.1) is 6.58 Å². The van der Waals surface area contributed by atoms with Gasteiger partial charge < -0.3 is 15.3 Å². The Hall–Kier alpha value is -2.30. The molecule has 1 unspecified atom stereocenters. The maximum absolute atomic E-state index is 12.4. The standard InChI is InChI=1S/C16H20N2O3/c1-2-10-18(13-8-9-13)16(21)17-14(11-15(19)20)12-6-4-3-5-7-12/h2-7,13-14H,1,8-11H2,(H,17,21)(H,19,20). The summed E-state index contributed by atoms with van der Waals surface area (Å²) < 4.78 is 0. The summed E-state index contributed by atoms with van der Waals surface area (Å²) in [5.74, 6) is -0.939. The second-order valence-corrected chi connectivity index (χ2v) is 5.18.